The molecule has 0 atom stereocenters. The SMILES string of the molecule is CCC.Cc1ccc(C(C)(C)C)cc1. The molecule has 0 N–H and O–H groups in total. The van der Waals surface area contributed by atoms with E-state index in [2.05, 4.69) is 65.8 Å². The smallest absolute Gasteiger partial charge is 0.0132 e. The third-order valence-corrected chi connectivity index (χ3v) is 1.92. The van der Waals surface area contributed by atoms with Crippen molar-refractivity contribution in [2.24, 2.45) is 0 Å². The minimum atomic E-state index is 0.285. The Bertz CT molecular complexity index is 236. The molecule has 1 aromatic carbocycles. The molecule has 14 heavy (non-hydrogen) atoms. The normalized spacial score (nSPS) is 10.4. The largest absolute Gasteiger partial charge is 0.0656 e. The molecule has 0 bridgehead atoms. The maximum Gasteiger partial charge on any atom is -0.0132 e. The van der Waals surface area contributed by atoms with Crippen LogP contribution in [-0.2, 0) is 5.41 Å². The lowest BCUT2D eigenvalue weighted by atomic mass is 9.87. The summed E-state index contributed by atoms with van der Waals surface area (Å²) in [5.41, 5.74) is 3.02. The minimum Gasteiger partial charge on any atom is -0.0656 e. The molecule has 0 saturated heterocycles. The average Bonchev–Trinajstić information content (AvgIpc) is 2.04. The summed E-state index contributed by atoms with van der Waals surface area (Å²) in [6.45, 7) is 13.1. The van der Waals surface area contributed by atoms with Crippen LogP contribution in [-0.4, -0.2) is 0 Å². The van der Waals surface area contributed by atoms with Crippen LogP contribution in [0.15, 0.2) is 24.3 Å². The van der Waals surface area contributed by atoms with Gasteiger partial charge < -0.3 is 0 Å². The molecule has 1 rings (SSSR count). The molecule has 0 aliphatic carbocycles. The highest BCUT2D eigenvalue weighted by Crippen LogP contribution is 2.21. The molecular formula is C14H24. The lowest BCUT2D eigenvalue weighted by molar-refractivity contribution is 0.590. The highest BCUT2D eigenvalue weighted by molar-refractivity contribution is 5.26. The minimum absolute atomic E-state index is 0.285. The molecule has 0 fully saturated rings. The molecular weight excluding hydrogens is 168 g/mol. The molecule has 0 spiro atoms. The summed E-state index contributed by atoms with van der Waals surface area (Å²) >= 11 is 0. The molecule has 80 valence electrons. The quantitative estimate of drug-likeness (QED) is 0.558. The monoisotopic (exact) mass is 192 g/mol. The summed E-state index contributed by atoms with van der Waals surface area (Å²) in [5.74, 6) is 0. The highest BCUT2D eigenvalue weighted by Gasteiger charge is 2.11. The fourth-order valence-electron chi connectivity index (χ4n) is 1.05. The van der Waals surface area contributed by atoms with Gasteiger partial charge in [0.2, 0.25) is 0 Å². The first-order chi connectivity index (χ1) is 6.41. The lowest BCUT2D eigenvalue weighted by Crippen LogP contribution is -2.10. The zero-order chi connectivity index (χ0) is 11.2. The molecule has 0 heteroatoms. The summed E-state index contributed by atoms with van der Waals surface area (Å²) in [6.07, 6.45) is 1.25. The van der Waals surface area contributed by atoms with Crippen LogP contribution >= 0.6 is 0 Å². The second kappa shape index (κ2) is 5.85. The van der Waals surface area contributed by atoms with Gasteiger partial charge in [0.05, 0.1) is 0 Å². The van der Waals surface area contributed by atoms with E-state index in [0.717, 1.165) is 0 Å². The molecule has 0 heterocycles. The van der Waals surface area contributed by atoms with E-state index in [9.17, 15) is 0 Å². The predicted octanol–water partition coefficient (Wildman–Crippen LogP) is 4.71. The third kappa shape index (κ3) is 5.06. The topological polar surface area (TPSA) is 0 Å². The van der Waals surface area contributed by atoms with Crippen molar-refractivity contribution in [3.63, 3.8) is 0 Å². The van der Waals surface area contributed by atoms with Crippen molar-refractivity contribution in [2.45, 2.75) is 53.4 Å². The Labute approximate surface area is 89.4 Å². The fraction of sp³-hybridized carbons (Fsp3) is 0.571. The molecule has 0 unspecified atom stereocenters. The Morgan fingerprint density at radius 1 is 0.929 bits per heavy atom. The summed E-state index contributed by atoms with van der Waals surface area (Å²) in [7, 11) is 0. The van der Waals surface area contributed by atoms with E-state index >= 15 is 0 Å². The average molecular weight is 192 g/mol. The molecule has 0 aliphatic heterocycles. The number of hydrogen-bond donors (Lipinski definition) is 0. The number of rotatable bonds is 0. The van der Waals surface area contributed by atoms with Gasteiger partial charge in [-0.05, 0) is 17.9 Å². The molecule has 0 radical (unpaired) electrons. The van der Waals surface area contributed by atoms with Crippen molar-refractivity contribution in [1.29, 1.82) is 0 Å². The van der Waals surface area contributed by atoms with E-state index in [0.29, 0.717) is 0 Å². The van der Waals surface area contributed by atoms with Crippen LogP contribution in [0.1, 0.15) is 52.2 Å². The van der Waals surface area contributed by atoms with E-state index < -0.39 is 0 Å². The standard InChI is InChI=1S/C11H16.C3H8/c1-9-5-7-10(8-6-9)11(2,3)4;1-3-2/h5-8H,1-4H3;3H2,1-2H3. The van der Waals surface area contributed by atoms with Gasteiger partial charge in [-0.25, -0.2) is 0 Å². The Hall–Kier alpha value is -0.780. The van der Waals surface area contributed by atoms with Crippen LogP contribution in [0, 0.1) is 6.92 Å². The second-order valence-corrected chi connectivity index (χ2v) is 4.82. The van der Waals surface area contributed by atoms with Crippen LogP contribution in [0.25, 0.3) is 0 Å². The maximum atomic E-state index is 2.23. The van der Waals surface area contributed by atoms with Gasteiger partial charge in [-0.3, -0.25) is 0 Å². The van der Waals surface area contributed by atoms with Crippen molar-refractivity contribution in [3.8, 4) is 0 Å². The van der Waals surface area contributed by atoms with Gasteiger partial charge in [-0.1, -0.05) is 70.9 Å². The van der Waals surface area contributed by atoms with Crippen LogP contribution < -0.4 is 0 Å². The summed E-state index contributed by atoms with van der Waals surface area (Å²) < 4.78 is 0. The van der Waals surface area contributed by atoms with Gasteiger partial charge in [-0.15, -0.1) is 0 Å². The maximum absolute atomic E-state index is 2.23. The van der Waals surface area contributed by atoms with E-state index in [-0.39, 0.29) is 5.41 Å². The molecule has 0 amide bonds. The fourth-order valence-corrected chi connectivity index (χ4v) is 1.05. The number of aryl methyl sites for hydroxylation is 1. The van der Waals surface area contributed by atoms with Gasteiger partial charge in [0.25, 0.3) is 0 Å². The van der Waals surface area contributed by atoms with Crippen LogP contribution in [0.4, 0.5) is 0 Å². The Kier molecular flexibility index (Phi) is 5.52. The summed E-state index contributed by atoms with van der Waals surface area (Å²) in [6, 6.07) is 8.74. The van der Waals surface area contributed by atoms with Crippen molar-refractivity contribution >= 4 is 0 Å². The first kappa shape index (κ1) is 13.2. The molecule has 0 nitrogen and oxygen atoms in total. The van der Waals surface area contributed by atoms with E-state index in [1.54, 1.807) is 0 Å². The molecule has 0 aliphatic rings. The van der Waals surface area contributed by atoms with Crippen molar-refractivity contribution in [1.82, 2.24) is 0 Å². The van der Waals surface area contributed by atoms with Crippen LogP contribution in [0.3, 0.4) is 0 Å². The summed E-state index contributed by atoms with van der Waals surface area (Å²) in [4.78, 5) is 0. The van der Waals surface area contributed by atoms with E-state index in [1.165, 1.54) is 17.5 Å². The molecule has 1 aromatic rings. The van der Waals surface area contributed by atoms with Gasteiger partial charge in [0.15, 0.2) is 0 Å². The van der Waals surface area contributed by atoms with Gasteiger partial charge in [-0.2, -0.15) is 0 Å². The van der Waals surface area contributed by atoms with E-state index in [1.807, 2.05) is 0 Å². The van der Waals surface area contributed by atoms with Crippen LogP contribution in [0.2, 0.25) is 0 Å². The second-order valence-electron chi connectivity index (χ2n) is 4.82. The number of benzene rings is 1. The first-order valence-corrected chi connectivity index (χ1v) is 5.49. The summed E-state index contributed by atoms with van der Waals surface area (Å²) in [5, 5.41) is 0. The zero-order valence-electron chi connectivity index (χ0n) is 10.5. The van der Waals surface area contributed by atoms with Gasteiger partial charge in [0.1, 0.15) is 0 Å². The Morgan fingerprint density at radius 2 is 1.29 bits per heavy atom. The third-order valence-electron chi connectivity index (χ3n) is 1.92. The van der Waals surface area contributed by atoms with Crippen molar-refractivity contribution < 1.29 is 0 Å². The van der Waals surface area contributed by atoms with Crippen LogP contribution in [0.5, 0.6) is 0 Å². The van der Waals surface area contributed by atoms with Gasteiger partial charge >= 0.3 is 0 Å². The Balaban J connectivity index is 0.000000500. The van der Waals surface area contributed by atoms with Gasteiger partial charge in [0, 0.05) is 0 Å². The first-order valence-electron chi connectivity index (χ1n) is 5.49. The lowest BCUT2D eigenvalue weighted by Gasteiger charge is -2.18. The van der Waals surface area contributed by atoms with E-state index in [4.69, 9.17) is 0 Å². The molecule has 0 aromatic heterocycles. The predicted molar refractivity (Wildman–Crippen MR) is 65.8 cm³/mol. The van der Waals surface area contributed by atoms with Crippen molar-refractivity contribution in [2.75, 3.05) is 0 Å². The van der Waals surface area contributed by atoms with Crippen molar-refractivity contribution in [3.05, 3.63) is 35.4 Å². The molecule has 0 saturated carbocycles. The zero-order valence-corrected chi connectivity index (χ0v) is 10.5. The Morgan fingerprint density at radius 3 is 1.57 bits per heavy atom. The highest BCUT2D eigenvalue weighted by atomic mass is 14.2. The number of hydrogen-bond acceptors (Lipinski definition) is 0.